The Morgan fingerprint density at radius 2 is 1.85 bits per heavy atom. The molecule has 0 radical (unpaired) electrons. The van der Waals surface area contributed by atoms with E-state index >= 15 is 0 Å². The number of ether oxygens (including phenoxy) is 3. The summed E-state index contributed by atoms with van der Waals surface area (Å²) in [5.74, 6) is 0.948. The van der Waals surface area contributed by atoms with Crippen LogP contribution < -0.4 is 14.8 Å². The van der Waals surface area contributed by atoms with Crippen molar-refractivity contribution >= 4 is 11.8 Å². The lowest BCUT2D eigenvalue weighted by molar-refractivity contribution is 0.0358. The van der Waals surface area contributed by atoms with Crippen LogP contribution in [0.1, 0.15) is 42.7 Å². The maximum atomic E-state index is 9.84. The summed E-state index contributed by atoms with van der Waals surface area (Å²) in [6.45, 7) is 2.71. The molecule has 1 aliphatic heterocycles. The predicted octanol–water partition coefficient (Wildman–Crippen LogP) is 4.03. The number of hydrogen-bond acceptors (Lipinski definition) is 6. The van der Waals surface area contributed by atoms with E-state index in [1.807, 2.05) is 18.2 Å². The summed E-state index contributed by atoms with van der Waals surface area (Å²) in [6, 6.07) is 8.53. The molecule has 0 aromatic heterocycles. The van der Waals surface area contributed by atoms with E-state index in [1.165, 1.54) is 12.1 Å². The van der Waals surface area contributed by atoms with Gasteiger partial charge in [0.05, 0.1) is 19.8 Å². The summed E-state index contributed by atoms with van der Waals surface area (Å²) in [5, 5.41) is 22.8. The molecule has 2 aromatic rings. The summed E-state index contributed by atoms with van der Waals surface area (Å²) in [4.78, 5) is 0. The van der Waals surface area contributed by atoms with Crippen LogP contribution in [-0.4, -0.2) is 31.0 Å². The molecule has 0 fully saturated rings. The minimum Gasteiger partial charge on any atom is -0.504 e. The van der Waals surface area contributed by atoms with Gasteiger partial charge in [-0.05, 0) is 42.3 Å². The number of phenols is 2. The summed E-state index contributed by atoms with van der Waals surface area (Å²) in [5.41, 5.74) is 3.34. The van der Waals surface area contributed by atoms with E-state index in [1.54, 1.807) is 20.3 Å². The number of benzene rings is 2. The molecule has 3 N–H and O–H groups in total. The van der Waals surface area contributed by atoms with Crippen LogP contribution in [0.15, 0.2) is 30.3 Å². The van der Waals surface area contributed by atoms with Gasteiger partial charge in [-0.3, -0.25) is 0 Å². The highest BCUT2D eigenvalue weighted by atomic mass is 16.5. The molecule has 2 aromatic carbocycles. The first kappa shape index (κ1) is 18.9. The number of phenolic OH excluding ortho intramolecular Hbond substituents is 2. The number of rotatable bonds is 7. The molecule has 1 aliphatic rings. The van der Waals surface area contributed by atoms with Gasteiger partial charge in [0.15, 0.2) is 29.2 Å². The lowest BCUT2D eigenvalue weighted by Gasteiger charge is -2.30. The Balaban J connectivity index is 2.06. The zero-order chi connectivity index (χ0) is 19.4. The molecule has 6 heteroatoms. The average Bonchev–Trinajstić information content (AvgIpc) is 2.69. The summed E-state index contributed by atoms with van der Waals surface area (Å²) >= 11 is 0. The van der Waals surface area contributed by atoms with Crippen LogP contribution >= 0.6 is 0 Å². The molecule has 6 nitrogen and oxygen atoms in total. The van der Waals surface area contributed by atoms with Crippen LogP contribution in [0.4, 0.5) is 0 Å². The molecule has 0 spiro atoms. The molecule has 144 valence electrons. The average molecular weight is 371 g/mol. The zero-order valence-corrected chi connectivity index (χ0v) is 15.8. The highest BCUT2D eigenvalue weighted by Gasteiger charge is 2.28. The van der Waals surface area contributed by atoms with Crippen molar-refractivity contribution in [2.24, 2.45) is 0 Å². The Morgan fingerprint density at radius 3 is 2.52 bits per heavy atom. The number of hydrogen-bond donors (Lipinski definition) is 3. The topological polar surface area (TPSA) is 80.2 Å². The van der Waals surface area contributed by atoms with Crippen molar-refractivity contribution in [2.75, 3.05) is 20.8 Å². The molecule has 1 unspecified atom stereocenters. The molecule has 0 saturated carbocycles. The van der Waals surface area contributed by atoms with Crippen LogP contribution in [0.3, 0.4) is 0 Å². The molecule has 3 rings (SSSR count). The first-order valence-electron chi connectivity index (χ1n) is 8.96. The predicted molar refractivity (Wildman–Crippen MR) is 104 cm³/mol. The van der Waals surface area contributed by atoms with Crippen molar-refractivity contribution in [1.29, 1.82) is 0 Å². The fourth-order valence-corrected chi connectivity index (χ4v) is 3.10. The lowest BCUT2D eigenvalue weighted by Crippen LogP contribution is -2.27. The Morgan fingerprint density at radius 1 is 1.04 bits per heavy atom. The molecule has 1 atom stereocenters. The van der Waals surface area contributed by atoms with Gasteiger partial charge in [0.25, 0.3) is 0 Å². The van der Waals surface area contributed by atoms with Gasteiger partial charge in [0.2, 0.25) is 0 Å². The summed E-state index contributed by atoms with van der Waals surface area (Å²) in [6.07, 6.45) is 3.51. The van der Waals surface area contributed by atoms with Gasteiger partial charge in [0, 0.05) is 17.9 Å². The zero-order valence-electron chi connectivity index (χ0n) is 15.8. The van der Waals surface area contributed by atoms with Gasteiger partial charge in [-0.1, -0.05) is 19.4 Å². The number of methoxy groups -OCH3 is 2. The Bertz CT molecular complexity index is 847. The van der Waals surface area contributed by atoms with Gasteiger partial charge in [-0.25, -0.2) is 0 Å². The largest absolute Gasteiger partial charge is 0.504 e. The van der Waals surface area contributed by atoms with Crippen LogP contribution in [0.25, 0.3) is 11.8 Å². The third-order valence-corrected chi connectivity index (χ3v) is 4.54. The molecule has 0 amide bonds. The van der Waals surface area contributed by atoms with E-state index < -0.39 is 6.23 Å². The highest BCUT2D eigenvalue weighted by molar-refractivity contribution is 5.85. The third kappa shape index (κ3) is 3.80. The Labute approximate surface area is 159 Å². The SMILES string of the molecule is CCCCOC1NC(c2ccc(O)c(O)c2)=Cc2ccc(OC)c(OC)c21. The lowest BCUT2D eigenvalue weighted by atomic mass is 9.96. The van der Waals surface area contributed by atoms with Crippen molar-refractivity contribution < 1.29 is 24.4 Å². The van der Waals surface area contributed by atoms with Crippen molar-refractivity contribution in [3.63, 3.8) is 0 Å². The van der Waals surface area contributed by atoms with E-state index in [0.717, 1.165) is 35.2 Å². The third-order valence-electron chi connectivity index (χ3n) is 4.54. The smallest absolute Gasteiger partial charge is 0.169 e. The summed E-state index contributed by atoms with van der Waals surface area (Å²) in [7, 11) is 3.21. The Kier molecular flexibility index (Phi) is 5.76. The van der Waals surface area contributed by atoms with Crippen LogP contribution in [0.2, 0.25) is 0 Å². The minimum atomic E-state index is -0.424. The van der Waals surface area contributed by atoms with Crippen LogP contribution in [-0.2, 0) is 4.74 Å². The molecular weight excluding hydrogens is 346 g/mol. The number of aromatic hydroxyl groups is 2. The monoisotopic (exact) mass is 371 g/mol. The molecule has 0 bridgehead atoms. The van der Waals surface area contributed by atoms with E-state index in [4.69, 9.17) is 14.2 Å². The van der Waals surface area contributed by atoms with E-state index in [2.05, 4.69) is 12.2 Å². The van der Waals surface area contributed by atoms with Gasteiger partial charge in [-0.15, -0.1) is 0 Å². The maximum Gasteiger partial charge on any atom is 0.169 e. The van der Waals surface area contributed by atoms with Crippen molar-refractivity contribution in [1.82, 2.24) is 5.32 Å². The molecular formula is C21H25NO5. The van der Waals surface area contributed by atoms with Crippen molar-refractivity contribution in [3.8, 4) is 23.0 Å². The fourth-order valence-electron chi connectivity index (χ4n) is 3.10. The number of nitrogens with one attached hydrogen (secondary N) is 1. The van der Waals surface area contributed by atoms with Gasteiger partial charge in [0.1, 0.15) is 0 Å². The minimum absolute atomic E-state index is 0.155. The van der Waals surface area contributed by atoms with E-state index in [9.17, 15) is 10.2 Å². The van der Waals surface area contributed by atoms with E-state index in [-0.39, 0.29) is 11.5 Å². The van der Waals surface area contributed by atoms with Gasteiger partial charge in [-0.2, -0.15) is 0 Å². The number of unbranched alkanes of at least 4 members (excludes halogenated alkanes) is 1. The van der Waals surface area contributed by atoms with Crippen molar-refractivity contribution in [3.05, 3.63) is 47.0 Å². The molecule has 27 heavy (non-hydrogen) atoms. The second kappa shape index (κ2) is 8.22. The second-order valence-electron chi connectivity index (χ2n) is 6.31. The van der Waals surface area contributed by atoms with Crippen molar-refractivity contribution in [2.45, 2.75) is 26.0 Å². The molecule has 0 aliphatic carbocycles. The normalized spacial score (nSPS) is 15.5. The van der Waals surface area contributed by atoms with Gasteiger partial charge >= 0.3 is 0 Å². The quantitative estimate of drug-likeness (QED) is 0.504. The maximum absolute atomic E-state index is 9.84. The van der Waals surface area contributed by atoms with Crippen LogP contribution in [0.5, 0.6) is 23.0 Å². The van der Waals surface area contributed by atoms with E-state index in [0.29, 0.717) is 18.1 Å². The van der Waals surface area contributed by atoms with Gasteiger partial charge < -0.3 is 29.7 Å². The number of fused-ring (bicyclic) bond motifs is 1. The molecule has 1 heterocycles. The fraction of sp³-hybridized carbons (Fsp3) is 0.333. The first-order valence-corrected chi connectivity index (χ1v) is 8.96. The van der Waals surface area contributed by atoms with Crippen LogP contribution in [0, 0.1) is 0 Å². The molecule has 0 saturated heterocycles. The Hall–Kier alpha value is -2.86. The second-order valence-corrected chi connectivity index (χ2v) is 6.31. The first-order chi connectivity index (χ1) is 13.1. The standard InChI is InChI=1S/C21H25NO5/c1-4-5-10-27-21-19-14(7-9-18(25-2)20(19)26-3)11-15(22-21)13-6-8-16(23)17(24)12-13/h6-9,11-12,21-24H,4-5,10H2,1-3H3. The summed E-state index contributed by atoms with van der Waals surface area (Å²) < 4.78 is 17.1. The highest BCUT2D eigenvalue weighted by Crippen LogP contribution is 2.42.